The number of carbonyl (C=O) groups is 3. The van der Waals surface area contributed by atoms with Gasteiger partial charge in [-0.05, 0) is 81.8 Å². The summed E-state index contributed by atoms with van der Waals surface area (Å²) >= 11 is 12.4. The van der Waals surface area contributed by atoms with Gasteiger partial charge in [-0.1, -0.05) is 30.1 Å². The van der Waals surface area contributed by atoms with Crippen molar-refractivity contribution in [3.05, 3.63) is 51.6 Å². The highest BCUT2D eigenvalue weighted by molar-refractivity contribution is 6.39. The fourth-order valence-corrected chi connectivity index (χ4v) is 4.52. The monoisotopic (exact) mass is 520 g/mol. The molecule has 1 saturated heterocycles. The average Bonchev–Trinajstić information content (AvgIpc) is 2.73. The van der Waals surface area contributed by atoms with Crippen LogP contribution in [0.15, 0.2) is 30.5 Å². The second-order valence-electron chi connectivity index (χ2n) is 9.83. The zero-order valence-corrected chi connectivity index (χ0v) is 22.0. The summed E-state index contributed by atoms with van der Waals surface area (Å²) in [7, 11) is 0. The molecule has 0 saturated carbocycles. The number of nitrogens with one attached hydrogen (secondary N) is 2. The van der Waals surface area contributed by atoms with Gasteiger partial charge in [-0.15, -0.1) is 0 Å². The van der Waals surface area contributed by atoms with Gasteiger partial charge in [0.1, 0.15) is 11.4 Å². The fraction of sp³-hybridized carbons (Fsp3) is 0.440. The number of halogens is 2. The zero-order chi connectivity index (χ0) is 25.9. The van der Waals surface area contributed by atoms with Gasteiger partial charge in [0.25, 0.3) is 0 Å². The number of benzene rings is 1. The van der Waals surface area contributed by atoms with Crippen LogP contribution in [0.4, 0.5) is 16.3 Å². The third kappa shape index (κ3) is 7.32. The van der Waals surface area contributed by atoms with Gasteiger partial charge >= 0.3 is 17.9 Å². The Hall–Kier alpha value is -2.84. The van der Waals surface area contributed by atoms with Crippen LogP contribution in [0.25, 0.3) is 0 Å². The van der Waals surface area contributed by atoms with Crippen LogP contribution in [0.2, 0.25) is 10.0 Å². The molecule has 0 bridgehead atoms. The number of hydrogen-bond acceptors (Lipinski definition) is 5. The summed E-state index contributed by atoms with van der Waals surface area (Å²) in [5.41, 5.74) is 1.08. The predicted molar refractivity (Wildman–Crippen MR) is 137 cm³/mol. The third-order valence-electron chi connectivity index (χ3n) is 5.50. The minimum atomic E-state index is -0.772. The van der Waals surface area contributed by atoms with Crippen LogP contribution in [0.5, 0.6) is 0 Å². The van der Waals surface area contributed by atoms with Crippen molar-refractivity contribution in [2.75, 3.05) is 17.2 Å². The fourth-order valence-electron chi connectivity index (χ4n) is 3.98. The standard InChI is InChI=1S/C25H30Cl2N4O4/c1-14-6-7-20(16-9-17(26)11-18(27)10-16)31(13-14)23(33)22(32)29-19-8-15(2)21(28-12-19)30-24(34)35-25(3,4)5/h8-12,14,20H,6-7,13H2,1-5H3,(H,29,32)(H,28,30,34). The van der Waals surface area contributed by atoms with Crippen molar-refractivity contribution in [2.24, 2.45) is 5.92 Å². The molecule has 1 aliphatic rings. The maximum absolute atomic E-state index is 13.2. The second kappa shape index (κ2) is 10.8. The first-order valence-electron chi connectivity index (χ1n) is 11.4. The Morgan fingerprint density at radius 3 is 2.31 bits per heavy atom. The number of pyridine rings is 1. The molecule has 35 heavy (non-hydrogen) atoms. The van der Waals surface area contributed by atoms with Crippen LogP contribution >= 0.6 is 23.2 Å². The molecule has 2 unspecified atom stereocenters. The number of hydrogen-bond donors (Lipinski definition) is 2. The van der Waals surface area contributed by atoms with E-state index in [2.05, 4.69) is 15.6 Å². The molecule has 0 aliphatic carbocycles. The van der Waals surface area contributed by atoms with E-state index in [1.54, 1.807) is 56.9 Å². The van der Waals surface area contributed by atoms with Crippen molar-refractivity contribution in [3.8, 4) is 0 Å². The number of carbonyl (C=O) groups excluding carboxylic acids is 3. The van der Waals surface area contributed by atoms with Gasteiger partial charge in [0.15, 0.2) is 0 Å². The molecule has 8 nitrogen and oxygen atoms in total. The molecule has 10 heteroatoms. The van der Waals surface area contributed by atoms with Crippen LogP contribution in [0.1, 0.15) is 57.7 Å². The molecule has 0 radical (unpaired) electrons. The van der Waals surface area contributed by atoms with E-state index in [0.29, 0.717) is 40.1 Å². The molecule has 1 aromatic carbocycles. The number of piperidine rings is 1. The van der Waals surface area contributed by atoms with Crippen LogP contribution in [0, 0.1) is 12.8 Å². The molecule has 2 atom stereocenters. The molecule has 1 aliphatic heterocycles. The van der Waals surface area contributed by atoms with Crippen molar-refractivity contribution in [1.82, 2.24) is 9.88 Å². The first kappa shape index (κ1) is 26.8. The van der Waals surface area contributed by atoms with E-state index in [1.165, 1.54) is 6.20 Å². The van der Waals surface area contributed by atoms with Crippen LogP contribution < -0.4 is 10.6 Å². The molecule has 2 heterocycles. The second-order valence-corrected chi connectivity index (χ2v) is 10.7. The minimum absolute atomic E-state index is 0.250. The van der Waals surface area contributed by atoms with Gasteiger partial charge < -0.3 is 15.0 Å². The zero-order valence-electron chi connectivity index (χ0n) is 20.4. The largest absolute Gasteiger partial charge is 0.444 e. The van der Waals surface area contributed by atoms with Crippen LogP contribution in [-0.2, 0) is 14.3 Å². The number of ether oxygens (including phenoxy) is 1. The lowest BCUT2D eigenvalue weighted by atomic mass is 9.90. The first-order valence-corrected chi connectivity index (χ1v) is 12.1. The summed E-state index contributed by atoms with van der Waals surface area (Å²) in [5, 5.41) is 6.15. The number of nitrogens with zero attached hydrogens (tertiary/aromatic N) is 2. The smallest absolute Gasteiger partial charge is 0.413 e. The molecule has 2 aromatic rings. The SMILES string of the molecule is Cc1cc(NC(=O)C(=O)N2CC(C)CCC2c2cc(Cl)cc(Cl)c2)cnc1NC(=O)OC(C)(C)C. The molecule has 1 fully saturated rings. The third-order valence-corrected chi connectivity index (χ3v) is 5.93. The van der Waals surface area contributed by atoms with Gasteiger partial charge in [0.05, 0.1) is 17.9 Å². The van der Waals surface area contributed by atoms with Crippen LogP contribution in [-0.4, -0.2) is 39.9 Å². The van der Waals surface area contributed by atoms with Crippen molar-refractivity contribution in [2.45, 2.75) is 59.1 Å². The lowest BCUT2D eigenvalue weighted by Crippen LogP contribution is -2.46. The predicted octanol–water partition coefficient (Wildman–Crippen LogP) is 5.98. The van der Waals surface area contributed by atoms with Gasteiger partial charge in [-0.3, -0.25) is 14.9 Å². The summed E-state index contributed by atoms with van der Waals surface area (Å²) in [6.45, 7) is 9.49. The molecule has 0 spiro atoms. The van der Waals surface area contributed by atoms with Crippen molar-refractivity contribution in [1.29, 1.82) is 0 Å². The van der Waals surface area contributed by atoms with E-state index in [4.69, 9.17) is 27.9 Å². The molecule has 3 rings (SSSR count). The lowest BCUT2D eigenvalue weighted by Gasteiger charge is -2.38. The number of amides is 3. The molecule has 188 valence electrons. The Morgan fingerprint density at radius 2 is 1.71 bits per heavy atom. The summed E-state index contributed by atoms with van der Waals surface area (Å²) in [6, 6.07) is 6.50. The summed E-state index contributed by atoms with van der Waals surface area (Å²) in [5.74, 6) is -0.872. The first-order chi connectivity index (χ1) is 16.3. The highest BCUT2D eigenvalue weighted by Crippen LogP contribution is 2.36. The Labute approximate surface area is 215 Å². The van der Waals surface area contributed by atoms with Gasteiger partial charge in [-0.2, -0.15) is 0 Å². The Bertz CT molecular complexity index is 1110. The molecule has 3 amide bonds. The Balaban J connectivity index is 1.73. The Kier molecular flexibility index (Phi) is 8.28. The average molecular weight is 521 g/mol. The van der Waals surface area contributed by atoms with Crippen LogP contribution in [0.3, 0.4) is 0 Å². The maximum atomic E-state index is 13.2. The van der Waals surface area contributed by atoms with E-state index in [1.807, 2.05) is 6.92 Å². The van der Waals surface area contributed by atoms with Crippen molar-refractivity contribution in [3.63, 3.8) is 0 Å². The van der Waals surface area contributed by atoms with E-state index in [-0.39, 0.29) is 12.0 Å². The Morgan fingerprint density at radius 1 is 1.06 bits per heavy atom. The quantitative estimate of drug-likeness (QED) is 0.484. The van der Waals surface area contributed by atoms with Gasteiger partial charge in [0, 0.05) is 16.6 Å². The molecular weight excluding hydrogens is 491 g/mol. The topological polar surface area (TPSA) is 101 Å². The number of rotatable bonds is 3. The highest BCUT2D eigenvalue weighted by atomic mass is 35.5. The summed E-state index contributed by atoms with van der Waals surface area (Å²) in [6.07, 6.45) is 2.35. The summed E-state index contributed by atoms with van der Waals surface area (Å²) in [4.78, 5) is 43.8. The van der Waals surface area contributed by atoms with Gasteiger partial charge in [0.2, 0.25) is 0 Å². The maximum Gasteiger partial charge on any atom is 0.413 e. The molecule has 1 aromatic heterocycles. The van der Waals surface area contributed by atoms with E-state index >= 15 is 0 Å². The lowest BCUT2D eigenvalue weighted by molar-refractivity contribution is -0.146. The normalized spacial score (nSPS) is 18.1. The van der Waals surface area contributed by atoms with E-state index in [9.17, 15) is 14.4 Å². The van der Waals surface area contributed by atoms with Crippen molar-refractivity contribution >= 4 is 52.6 Å². The number of likely N-dealkylation sites (tertiary alicyclic amines) is 1. The van der Waals surface area contributed by atoms with Gasteiger partial charge in [-0.25, -0.2) is 9.78 Å². The van der Waals surface area contributed by atoms with E-state index in [0.717, 1.165) is 12.0 Å². The molecular formula is C25H30Cl2N4O4. The van der Waals surface area contributed by atoms with Crippen molar-refractivity contribution < 1.29 is 19.1 Å². The number of anilines is 2. The van der Waals surface area contributed by atoms with E-state index < -0.39 is 23.5 Å². The minimum Gasteiger partial charge on any atom is -0.444 e. The molecule has 2 N–H and O–H groups in total. The number of aromatic nitrogens is 1. The highest BCUT2D eigenvalue weighted by Gasteiger charge is 2.34. The summed E-state index contributed by atoms with van der Waals surface area (Å²) < 4.78 is 5.23. The number of aryl methyl sites for hydroxylation is 1.